The largest absolute Gasteiger partial charge is 0.466 e. The first-order chi connectivity index (χ1) is 9.09. The highest BCUT2D eigenvalue weighted by atomic mass is 16.5. The lowest BCUT2D eigenvalue weighted by molar-refractivity contribution is -0.155. The number of carbonyl (C=O) groups is 1. The molecule has 0 fully saturated rings. The van der Waals surface area contributed by atoms with E-state index in [4.69, 9.17) is 10.5 Å². The van der Waals surface area contributed by atoms with Crippen molar-refractivity contribution in [1.82, 2.24) is 0 Å². The van der Waals surface area contributed by atoms with Crippen LogP contribution < -0.4 is 5.73 Å². The minimum Gasteiger partial charge on any atom is -0.466 e. The zero-order valence-corrected chi connectivity index (χ0v) is 12.2. The van der Waals surface area contributed by atoms with Gasteiger partial charge in [-0.2, -0.15) is 0 Å². The molecule has 3 heteroatoms. The summed E-state index contributed by atoms with van der Waals surface area (Å²) in [6, 6.07) is 8.14. The van der Waals surface area contributed by atoms with Gasteiger partial charge in [0.25, 0.3) is 0 Å². The summed E-state index contributed by atoms with van der Waals surface area (Å²) in [6.07, 6.45) is 2.33. The number of aryl methyl sites for hydroxylation is 1. The van der Waals surface area contributed by atoms with E-state index >= 15 is 0 Å². The van der Waals surface area contributed by atoms with Crippen LogP contribution in [0.25, 0.3) is 0 Å². The normalized spacial score (nSPS) is 13.9. The molecule has 0 saturated heterocycles. The Hall–Kier alpha value is -1.35. The fourth-order valence-electron chi connectivity index (χ4n) is 2.46. The number of rotatable bonds is 7. The van der Waals surface area contributed by atoms with E-state index in [1.54, 1.807) is 0 Å². The van der Waals surface area contributed by atoms with Crippen LogP contribution in [0.4, 0.5) is 0 Å². The highest BCUT2D eigenvalue weighted by Gasteiger charge is 2.38. The van der Waals surface area contributed by atoms with E-state index in [0.717, 1.165) is 12.8 Å². The summed E-state index contributed by atoms with van der Waals surface area (Å²) in [7, 11) is 0. The number of hydrogen-bond acceptors (Lipinski definition) is 3. The van der Waals surface area contributed by atoms with Crippen LogP contribution in [0.5, 0.6) is 0 Å². The topological polar surface area (TPSA) is 52.3 Å². The first kappa shape index (κ1) is 15.7. The van der Waals surface area contributed by atoms with Gasteiger partial charge in [0, 0.05) is 6.54 Å². The third-order valence-corrected chi connectivity index (χ3v) is 3.62. The van der Waals surface area contributed by atoms with E-state index in [9.17, 15) is 4.79 Å². The number of benzene rings is 1. The van der Waals surface area contributed by atoms with Crippen LogP contribution in [-0.4, -0.2) is 19.1 Å². The molecule has 0 aliphatic rings. The summed E-state index contributed by atoms with van der Waals surface area (Å²) in [5, 5.41) is 0. The molecular weight excluding hydrogens is 238 g/mol. The maximum atomic E-state index is 12.3. The highest BCUT2D eigenvalue weighted by molar-refractivity contribution is 5.77. The standard InChI is InChI=1S/C16H25NO2/c1-4-10-16(12-17,15(18)19-5-2)11-14-9-7-6-8-13(14)3/h6-9H,4-5,10-12,17H2,1-3H3. The van der Waals surface area contributed by atoms with Gasteiger partial charge < -0.3 is 10.5 Å². The number of ether oxygens (including phenoxy) is 1. The van der Waals surface area contributed by atoms with Crippen molar-refractivity contribution in [1.29, 1.82) is 0 Å². The molecule has 0 saturated carbocycles. The van der Waals surface area contributed by atoms with Gasteiger partial charge in [-0.15, -0.1) is 0 Å². The van der Waals surface area contributed by atoms with Gasteiger partial charge in [0.05, 0.1) is 12.0 Å². The van der Waals surface area contributed by atoms with Gasteiger partial charge in [-0.1, -0.05) is 37.6 Å². The molecular formula is C16H25NO2. The average molecular weight is 263 g/mol. The Morgan fingerprint density at radius 2 is 2.00 bits per heavy atom. The number of esters is 1. The molecule has 1 rings (SSSR count). The lowest BCUT2D eigenvalue weighted by atomic mass is 9.77. The molecule has 106 valence electrons. The van der Waals surface area contributed by atoms with Crippen molar-refractivity contribution in [3.05, 3.63) is 35.4 Å². The summed E-state index contributed by atoms with van der Waals surface area (Å²) >= 11 is 0. The average Bonchev–Trinajstić information content (AvgIpc) is 2.41. The summed E-state index contributed by atoms with van der Waals surface area (Å²) in [5.41, 5.74) is 7.71. The molecule has 0 spiro atoms. The Kier molecular flexibility index (Phi) is 6.03. The van der Waals surface area contributed by atoms with E-state index in [1.165, 1.54) is 11.1 Å². The van der Waals surface area contributed by atoms with Crippen LogP contribution in [0.2, 0.25) is 0 Å². The molecule has 1 unspecified atom stereocenters. The Balaban J connectivity index is 3.03. The molecule has 1 aromatic carbocycles. The minimum absolute atomic E-state index is 0.164. The third kappa shape index (κ3) is 3.80. The van der Waals surface area contributed by atoms with Gasteiger partial charge in [-0.05, 0) is 37.8 Å². The first-order valence-corrected chi connectivity index (χ1v) is 7.01. The van der Waals surface area contributed by atoms with E-state index in [-0.39, 0.29) is 5.97 Å². The lowest BCUT2D eigenvalue weighted by Crippen LogP contribution is -2.42. The van der Waals surface area contributed by atoms with Gasteiger partial charge in [0.2, 0.25) is 0 Å². The highest BCUT2D eigenvalue weighted by Crippen LogP contribution is 2.30. The Morgan fingerprint density at radius 3 is 2.53 bits per heavy atom. The molecule has 0 amide bonds. The van der Waals surface area contributed by atoms with Crippen molar-refractivity contribution in [3.8, 4) is 0 Å². The van der Waals surface area contributed by atoms with Gasteiger partial charge in [-0.25, -0.2) is 0 Å². The second-order valence-corrected chi connectivity index (χ2v) is 5.06. The van der Waals surface area contributed by atoms with Gasteiger partial charge in [0.1, 0.15) is 0 Å². The zero-order valence-electron chi connectivity index (χ0n) is 12.2. The van der Waals surface area contributed by atoms with Crippen molar-refractivity contribution < 1.29 is 9.53 Å². The van der Waals surface area contributed by atoms with Crippen LogP contribution in [0, 0.1) is 12.3 Å². The maximum absolute atomic E-state index is 12.3. The number of nitrogens with two attached hydrogens (primary N) is 1. The van der Waals surface area contributed by atoms with Crippen molar-refractivity contribution in [3.63, 3.8) is 0 Å². The summed E-state index contributed by atoms with van der Waals surface area (Å²) in [6.45, 7) is 6.69. The monoisotopic (exact) mass is 263 g/mol. The van der Waals surface area contributed by atoms with Crippen LogP contribution in [0.3, 0.4) is 0 Å². The molecule has 2 N–H and O–H groups in total. The third-order valence-electron chi connectivity index (χ3n) is 3.62. The lowest BCUT2D eigenvalue weighted by Gasteiger charge is -2.30. The van der Waals surface area contributed by atoms with E-state index < -0.39 is 5.41 Å². The van der Waals surface area contributed by atoms with Gasteiger partial charge in [-0.3, -0.25) is 4.79 Å². The van der Waals surface area contributed by atoms with Gasteiger partial charge >= 0.3 is 5.97 Å². The van der Waals surface area contributed by atoms with Crippen LogP contribution in [0.15, 0.2) is 24.3 Å². The smallest absolute Gasteiger partial charge is 0.313 e. The molecule has 1 atom stereocenters. The Morgan fingerprint density at radius 1 is 1.32 bits per heavy atom. The fraction of sp³-hybridized carbons (Fsp3) is 0.562. The predicted molar refractivity (Wildman–Crippen MR) is 77.9 cm³/mol. The fourth-order valence-corrected chi connectivity index (χ4v) is 2.46. The van der Waals surface area contributed by atoms with E-state index in [1.807, 2.05) is 19.1 Å². The second-order valence-electron chi connectivity index (χ2n) is 5.06. The van der Waals surface area contributed by atoms with Crippen LogP contribution >= 0.6 is 0 Å². The van der Waals surface area contributed by atoms with Gasteiger partial charge in [0.15, 0.2) is 0 Å². The minimum atomic E-state index is -0.586. The predicted octanol–water partition coefficient (Wildman–Crippen LogP) is 2.85. The summed E-state index contributed by atoms with van der Waals surface area (Å²) < 4.78 is 5.24. The maximum Gasteiger partial charge on any atom is 0.313 e. The van der Waals surface area contributed by atoms with E-state index in [2.05, 4.69) is 26.0 Å². The van der Waals surface area contributed by atoms with E-state index in [0.29, 0.717) is 19.6 Å². The van der Waals surface area contributed by atoms with Crippen molar-refractivity contribution in [2.24, 2.45) is 11.1 Å². The molecule has 0 radical (unpaired) electrons. The van der Waals surface area contributed by atoms with Crippen molar-refractivity contribution in [2.45, 2.75) is 40.0 Å². The number of hydrogen-bond donors (Lipinski definition) is 1. The molecule has 0 aliphatic carbocycles. The van der Waals surface area contributed by atoms with Crippen molar-refractivity contribution in [2.75, 3.05) is 13.2 Å². The quantitative estimate of drug-likeness (QED) is 0.770. The molecule has 3 nitrogen and oxygen atoms in total. The van der Waals surface area contributed by atoms with Crippen LogP contribution in [0.1, 0.15) is 37.8 Å². The van der Waals surface area contributed by atoms with Crippen molar-refractivity contribution >= 4 is 5.97 Å². The Labute approximate surface area is 116 Å². The molecule has 0 aromatic heterocycles. The SMILES string of the molecule is CCCC(CN)(Cc1ccccc1C)C(=O)OCC. The van der Waals surface area contributed by atoms with Crippen LogP contribution in [-0.2, 0) is 16.0 Å². The number of carbonyl (C=O) groups excluding carboxylic acids is 1. The molecule has 0 bridgehead atoms. The Bertz CT molecular complexity index is 417. The zero-order chi connectivity index (χ0) is 14.3. The molecule has 19 heavy (non-hydrogen) atoms. The summed E-state index contributed by atoms with van der Waals surface area (Å²) in [4.78, 5) is 12.3. The molecule has 0 aliphatic heterocycles. The first-order valence-electron chi connectivity index (χ1n) is 7.01. The molecule has 0 heterocycles. The second kappa shape index (κ2) is 7.29. The summed E-state index contributed by atoms with van der Waals surface area (Å²) in [5.74, 6) is -0.164. The molecule has 1 aromatic rings.